The fourth-order valence-electron chi connectivity index (χ4n) is 2.54. The van der Waals surface area contributed by atoms with Gasteiger partial charge in [-0.2, -0.15) is 0 Å². The number of rotatable bonds is 13. The van der Waals surface area contributed by atoms with Crippen LogP contribution in [-0.2, 0) is 9.59 Å². The van der Waals surface area contributed by atoms with Crippen molar-refractivity contribution in [3.05, 3.63) is 48.5 Å². The molecule has 0 radical (unpaired) electrons. The third-order valence-corrected chi connectivity index (χ3v) is 6.01. The number of aliphatic hydroxyl groups is 3. The SMILES string of the molecule is O=C(O)CSc1ccc(-c2ccc(SCC(=O)O)cc2)cc1.OCCN(CCO)CCO. The second-order valence-electron chi connectivity index (χ2n) is 6.43. The van der Waals surface area contributed by atoms with Crippen LogP contribution in [0.2, 0.25) is 0 Å². The fraction of sp³-hybridized carbons (Fsp3) is 0.364. The van der Waals surface area contributed by atoms with E-state index in [-0.39, 0.29) is 31.3 Å². The lowest BCUT2D eigenvalue weighted by Crippen LogP contribution is -2.32. The van der Waals surface area contributed by atoms with Crippen molar-refractivity contribution >= 4 is 35.5 Å². The summed E-state index contributed by atoms with van der Waals surface area (Å²) in [5.41, 5.74) is 2.07. The summed E-state index contributed by atoms with van der Waals surface area (Å²) in [4.78, 5) is 24.7. The number of benzene rings is 2. The molecule has 0 saturated carbocycles. The second-order valence-corrected chi connectivity index (χ2v) is 8.52. The van der Waals surface area contributed by atoms with Crippen LogP contribution in [0, 0.1) is 0 Å². The van der Waals surface area contributed by atoms with Crippen molar-refractivity contribution in [3.8, 4) is 11.1 Å². The number of hydrogen-bond acceptors (Lipinski definition) is 8. The van der Waals surface area contributed by atoms with Crippen molar-refractivity contribution in [3.63, 3.8) is 0 Å². The quantitative estimate of drug-likeness (QED) is 0.269. The Morgan fingerprint density at radius 1 is 0.625 bits per heavy atom. The molecule has 2 aromatic carbocycles. The Kier molecular flexibility index (Phi) is 14.4. The Morgan fingerprint density at radius 3 is 1.19 bits per heavy atom. The van der Waals surface area contributed by atoms with Gasteiger partial charge in [-0.1, -0.05) is 24.3 Å². The van der Waals surface area contributed by atoms with Gasteiger partial charge in [0, 0.05) is 29.4 Å². The summed E-state index contributed by atoms with van der Waals surface area (Å²) < 4.78 is 0. The lowest BCUT2D eigenvalue weighted by atomic mass is 10.1. The van der Waals surface area contributed by atoms with Gasteiger partial charge in [-0.3, -0.25) is 14.5 Å². The average molecular weight is 484 g/mol. The first-order chi connectivity index (χ1) is 15.4. The maximum Gasteiger partial charge on any atom is 0.313 e. The van der Waals surface area contributed by atoms with Crippen LogP contribution in [-0.4, -0.2) is 93.3 Å². The summed E-state index contributed by atoms with van der Waals surface area (Å²) in [7, 11) is 0. The van der Waals surface area contributed by atoms with Crippen LogP contribution in [0.1, 0.15) is 0 Å². The summed E-state index contributed by atoms with van der Waals surface area (Å²) >= 11 is 2.57. The maximum atomic E-state index is 10.5. The molecule has 32 heavy (non-hydrogen) atoms. The van der Waals surface area contributed by atoms with Crippen molar-refractivity contribution in [1.82, 2.24) is 4.90 Å². The lowest BCUT2D eigenvalue weighted by Gasteiger charge is -2.17. The highest BCUT2D eigenvalue weighted by atomic mass is 32.2. The Bertz CT molecular complexity index is 727. The molecule has 0 aromatic heterocycles. The number of thioether (sulfide) groups is 2. The van der Waals surface area contributed by atoms with Gasteiger partial charge < -0.3 is 25.5 Å². The van der Waals surface area contributed by atoms with Crippen LogP contribution >= 0.6 is 23.5 Å². The molecule has 2 rings (SSSR count). The lowest BCUT2D eigenvalue weighted by molar-refractivity contribution is -0.134. The molecule has 0 saturated heterocycles. The predicted molar refractivity (Wildman–Crippen MR) is 126 cm³/mol. The monoisotopic (exact) mass is 483 g/mol. The number of aliphatic hydroxyl groups excluding tert-OH is 3. The molecule has 8 nitrogen and oxygen atoms in total. The van der Waals surface area contributed by atoms with Gasteiger partial charge in [0.05, 0.1) is 31.3 Å². The van der Waals surface area contributed by atoms with Gasteiger partial charge in [-0.25, -0.2) is 0 Å². The van der Waals surface area contributed by atoms with E-state index in [1.54, 1.807) is 4.90 Å². The average Bonchev–Trinajstić information content (AvgIpc) is 2.78. The zero-order valence-corrected chi connectivity index (χ0v) is 19.2. The summed E-state index contributed by atoms with van der Waals surface area (Å²) in [6.45, 7) is 1.75. The molecule has 0 amide bonds. The first-order valence-corrected chi connectivity index (χ1v) is 11.8. The van der Waals surface area contributed by atoms with E-state index in [0.717, 1.165) is 20.9 Å². The predicted octanol–water partition coefficient (Wildman–Crippen LogP) is 1.97. The Morgan fingerprint density at radius 2 is 0.938 bits per heavy atom. The number of carbonyl (C=O) groups is 2. The molecule has 0 heterocycles. The van der Waals surface area contributed by atoms with Gasteiger partial charge in [-0.15, -0.1) is 23.5 Å². The van der Waals surface area contributed by atoms with E-state index in [4.69, 9.17) is 25.5 Å². The highest BCUT2D eigenvalue weighted by Gasteiger charge is 2.03. The largest absolute Gasteiger partial charge is 0.481 e. The number of hydrogen-bond donors (Lipinski definition) is 5. The van der Waals surface area contributed by atoms with E-state index < -0.39 is 11.9 Å². The van der Waals surface area contributed by atoms with Gasteiger partial charge in [0.25, 0.3) is 0 Å². The van der Waals surface area contributed by atoms with Crippen LogP contribution in [0.25, 0.3) is 11.1 Å². The number of carboxylic acid groups (broad SMARTS) is 2. The van der Waals surface area contributed by atoms with Crippen molar-refractivity contribution in [2.45, 2.75) is 9.79 Å². The maximum absolute atomic E-state index is 10.5. The molecule has 0 atom stereocenters. The van der Waals surface area contributed by atoms with Crippen LogP contribution in [0.4, 0.5) is 0 Å². The number of aliphatic carboxylic acids is 2. The van der Waals surface area contributed by atoms with Gasteiger partial charge >= 0.3 is 11.9 Å². The van der Waals surface area contributed by atoms with Crippen LogP contribution < -0.4 is 0 Å². The molecule has 0 bridgehead atoms. The second kappa shape index (κ2) is 16.5. The normalized spacial score (nSPS) is 10.5. The molecule has 0 aliphatic rings. The molecule has 0 aliphatic carbocycles. The molecule has 0 fully saturated rings. The van der Waals surface area contributed by atoms with E-state index in [2.05, 4.69) is 0 Å². The van der Waals surface area contributed by atoms with Crippen LogP contribution in [0.3, 0.4) is 0 Å². The van der Waals surface area contributed by atoms with E-state index >= 15 is 0 Å². The molecular weight excluding hydrogens is 454 g/mol. The van der Waals surface area contributed by atoms with Gasteiger partial charge in [0.15, 0.2) is 0 Å². The molecule has 0 aliphatic heterocycles. The summed E-state index contributed by atoms with van der Waals surface area (Å²) in [6.07, 6.45) is 0. The van der Waals surface area contributed by atoms with Crippen molar-refractivity contribution in [1.29, 1.82) is 0 Å². The highest BCUT2D eigenvalue weighted by molar-refractivity contribution is 8.00. The number of nitrogens with zero attached hydrogens (tertiary/aromatic N) is 1. The molecule has 5 N–H and O–H groups in total. The highest BCUT2D eigenvalue weighted by Crippen LogP contribution is 2.26. The van der Waals surface area contributed by atoms with E-state index in [1.807, 2.05) is 48.5 Å². The first kappa shape index (κ1) is 28.0. The molecule has 176 valence electrons. The molecular formula is C22H29NO7S2. The molecule has 0 unspecified atom stereocenters. The first-order valence-electron chi connectivity index (χ1n) is 9.84. The summed E-state index contributed by atoms with van der Waals surface area (Å²) in [6, 6.07) is 15.4. The summed E-state index contributed by atoms with van der Waals surface area (Å²) in [5.74, 6) is -1.56. The topological polar surface area (TPSA) is 139 Å². The Labute approximate surface area is 195 Å². The van der Waals surface area contributed by atoms with Crippen molar-refractivity contribution in [2.75, 3.05) is 51.0 Å². The summed E-state index contributed by atoms with van der Waals surface area (Å²) in [5, 5.41) is 42.8. The zero-order valence-electron chi connectivity index (χ0n) is 17.6. The minimum Gasteiger partial charge on any atom is -0.481 e. The fourth-order valence-corrected chi connectivity index (χ4v) is 3.77. The third-order valence-electron chi connectivity index (χ3n) is 4.02. The smallest absolute Gasteiger partial charge is 0.313 e. The van der Waals surface area contributed by atoms with E-state index in [9.17, 15) is 9.59 Å². The minimum absolute atomic E-state index is 0.0504. The Hall–Kier alpha value is -2.08. The van der Waals surface area contributed by atoms with Gasteiger partial charge in [0.1, 0.15) is 0 Å². The van der Waals surface area contributed by atoms with Crippen LogP contribution in [0.5, 0.6) is 0 Å². The minimum atomic E-state index is -0.830. The van der Waals surface area contributed by atoms with Crippen molar-refractivity contribution < 1.29 is 35.1 Å². The third kappa shape index (κ3) is 12.1. The van der Waals surface area contributed by atoms with E-state index in [1.165, 1.54) is 23.5 Å². The van der Waals surface area contributed by atoms with E-state index in [0.29, 0.717) is 19.6 Å². The molecule has 10 heteroatoms. The standard InChI is InChI=1S/C16H14O4S2.C6H15NO3/c17-15(18)9-21-13-5-1-11(2-6-13)12-3-7-14(8-4-12)22-10-16(19)20;8-4-1-7(2-5-9)3-6-10/h1-8H,9-10H2,(H,17,18)(H,19,20);8-10H,1-6H2. The molecule has 2 aromatic rings. The van der Waals surface area contributed by atoms with Crippen molar-refractivity contribution in [2.24, 2.45) is 0 Å². The Balaban J connectivity index is 0.000000433. The van der Waals surface area contributed by atoms with Crippen LogP contribution in [0.15, 0.2) is 58.3 Å². The van der Waals surface area contributed by atoms with Gasteiger partial charge in [-0.05, 0) is 35.4 Å². The molecule has 0 spiro atoms. The number of carboxylic acids is 2. The van der Waals surface area contributed by atoms with Gasteiger partial charge in [0.2, 0.25) is 0 Å². The zero-order chi connectivity index (χ0) is 23.8.